The molecule has 30 heavy (non-hydrogen) atoms. The number of guanidine groups is 1. The molecule has 148 valence electrons. The third-order valence-electron chi connectivity index (χ3n) is 3.94. The summed E-state index contributed by atoms with van der Waals surface area (Å²) >= 11 is 0. The molecule has 0 unspecified atom stereocenters. The van der Waals surface area contributed by atoms with Crippen LogP contribution >= 0.6 is 0 Å². The second kappa shape index (κ2) is 10.9. The molecule has 2 N–H and O–H groups in total. The SMILES string of the molecule is O=C(/C=C/c1ccccc1)N=C(NC(=O)/C=C/c1ccccc1)Nc1ccccc1. The van der Waals surface area contributed by atoms with Crippen molar-refractivity contribution in [1.29, 1.82) is 0 Å². The first-order valence-corrected chi connectivity index (χ1v) is 9.41. The third-order valence-corrected chi connectivity index (χ3v) is 3.94. The number of aliphatic imine (C=N–C) groups is 1. The Morgan fingerprint density at radius 1 is 0.667 bits per heavy atom. The average molecular weight is 395 g/mol. The molecule has 0 radical (unpaired) electrons. The molecular formula is C25H21N3O2. The minimum Gasteiger partial charge on any atom is -0.326 e. The van der Waals surface area contributed by atoms with Crippen LogP contribution in [-0.4, -0.2) is 17.8 Å². The number of amides is 2. The number of hydrogen-bond donors (Lipinski definition) is 2. The molecular weight excluding hydrogens is 374 g/mol. The lowest BCUT2D eigenvalue weighted by molar-refractivity contribution is -0.115. The number of carbonyl (C=O) groups is 2. The molecule has 0 bridgehead atoms. The Morgan fingerprint density at radius 3 is 1.73 bits per heavy atom. The molecule has 3 rings (SSSR count). The van der Waals surface area contributed by atoms with Crippen LogP contribution in [0.15, 0.2) is 108 Å². The van der Waals surface area contributed by atoms with Gasteiger partial charge in [0.15, 0.2) is 0 Å². The fraction of sp³-hybridized carbons (Fsp3) is 0. The van der Waals surface area contributed by atoms with Crippen molar-refractivity contribution in [1.82, 2.24) is 5.32 Å². The van der Waals surface area contributed by atoms with Gasteiger partial charge >= 0.3 is 0 Å². The molecule has 0 saturated heterocycles. The summed E-state index contributed by atoms with van der Waals surface area (Å²) < 4.78 is 0. The summed E-state index contributed by atoms with van der Waals surface area (Å²) in [5.74, 6) is -0.850. The molecule has 0 aliphatic rings. The molecule has 0 saturated carbocycles. The summed E-state index contributed by atoms with van der Waals surface area (Å²) in [6.45, 7) is 0. The Bertz CT molecular complexity index is 1060. The first kappa shape index (κ1) is 20.5. The van der Waals surface area contributed by atoms with E-state index in [-0.39, 0.29) is 5.96 Å². The summed E-state index contributed by atoms with van der Waals surface area (Å²) in [7, 11) is 0. The minimum atomic E-state index is -0.496. The lowest BCUT2D eigenvalue weighted by Crippen LogP contribution is -2.35. The van der Waals surface area contributed by atoms with Crippen molar-refractivity contribution in [3.05, 3.63) is 114 Å². The van der Waals surface area contributed by atoms with E-state index in [4.69, 9.17) is 0 Å². The van der Waals surface area contributed by atoms with Crippen molar-refractivity contribution < 1.29 is 9.59 Å². The lowest BCUT2D eigenvalue weighted by atomic mass is 10.2. The van der Waals surface area contributed by atoms with Gasteiger partial charge < -0.3 is 5.32 Å². The van der Waals surface area contributed by atoms with Crippen LogP contribution in [0.25, 0.3) is 12.2 Å². The molecule has 0 aromatic heterocycles. The molecule has 0 fully saturated rings. The zero-order chi connectivity index (χ0) is 21.0. The van der Waals surface area contributed by atoms with E-state index < -0.39 is 11.8 Å². The van der Waals surface area contributed by atoms with Crippen LogP contribution in [0.2, 0.25) is 0 Å². The Morgan fingerprint density at radius 2 is 1.17 bits per heavy atom. The number of rotatable bonds is 5. The Labute approximate surface area is 175 Å². The predicted octanol–water partition coefficient (Wildman–Crippen LogP) is 4.52. The highest BCUT2D eigenvalue weighted by Crippen LogP contribution is 2.06. The number of nitrogens with zero attached hydrogens (tertiary/aromatic N) is 1. The molecule has 0 spiro atoms. The largest absolute Gasteiger partial charge is 0.326 e. The van der Waals surface area contributed by atoms with Gasteiger partial charge in [0.2, 0.25) is 5.96 Å². The Balaban J connectivity index is 1.73. The van der Waals surface area contributed by atoms with Crippen LogP contribution in [-0.2, 0) is 9.59 Å². The maximum Gasteiger partial charge on any atom is 0.272 e. The molecule has 3 aromatic carbocycles. The summed E-state index contributed by atoms with van der Waals surface area (Å²) in [6.07, 6.45) is 6.10. The zero-order valence-electron chi connectivity index (χ0n) is 16.2. The zero-order valence-corrected chi connectivity index (χ0v) is 16.2. The van der Waals surface area contributed by atoms with Gasteiger partial charge in [-0.15, -0.1) is 0 Å². The van der Waals surface area contributed by atoms with Crippen molar-refractivity contribution in [3.8, 4) is 0 Å². The fourth-order valence-corrected chi connectivity index (χ4v) is 2.52. The Kier molecular flexibility index (Phi) is 7.46. The highest BCUT2D eigenvalue weighted by Gasteiger charge is 2.06. The number of benzene rings is 3. The summed E-state index contributed by atoms with van der Waals surface area (Å²) in [4.78, 5) is 28.6. The number of anilines is 1. The van der Waals surface area contributed by atoms with E-state index >= 15 is 0 Å². The number of carbonyl (C=O) groups excluding carboxylic acids is 2. The van der Waals surface area contributed by atoms with Gasteiger partial charge in [-0.3, -0.25) is 14.9 Å². The van der Waals surface area contributed by atoms with Crippen LogP contribution in [0, 0.1) is 0 Å². The van der Waals surface area contributed by atoms with E-state index in [0.717, 1.165) is 11.1 Å². The highest BCUT2D eigenvalue weighted by molar-refractivity contribution is 6.13. The second-order valence-corrected chi connectivity index (χ2v) is 6.27. The highest BCUT2D eigenvalue weighted by atomic mass is 16.2. The van der Waals surface area contributed by atoms with E-state index in [0.29, 0.717) is 5.69 Å². The van der Waals surface area contributed by atoms with Gasteiger partial charge in [-0.1, -0.05) is 78.9 Å². The van der Waals surface area contributed by atoms with E-state index in [1.807, 2.05) is 91.0 Å². The number of nitrogens with one attached hydrogen (secondary N) is 2. The molecule has 0 atom stereocenters. The number of para-hydroxylation sites is 1. The standard InChI is InChI=1S/C25H21N3O2/c29-23(18-16-20-10-4-1-5-11-20)27-25(26-22-14-8-3-9-15-22)28-24(30)19-17-21-12-6-2-7-13-21/h1-19H,(H2,26,27,28,29,30)/b18-16+,19-17+. The first-order valence-electron chi connectivity index (χ1n) is 9.41. The summed E-state index contributed by atoms with van der Waals surface area (Å²) in [6, 6.07) is 28.1. The van der Waals surface area contributed by atoms with Gasteiger partial charge in [0.1, 0.15) is 0 Å². The molecule has 2 amide bonds. The quantitative estimate of drug-likeness (QED) is 0.379. The average Bonchev–Trinajstić information content (AvgIpc) is 2.78. The van der Waals surface area contributed by atoms with Gasteiger partial charge in [0, 0.05) is 17.8 Å². The molecule has 0 heterocycles. The van der Waals surface area contributed by atoms with E-state index in [2.05, 4.69) is 15.6 Å². The lowest BCUT2D eigenvalue weighted by Gasteiger charge is -2.09. The summed E-state index contributed by atoms with van der Waals surface area (Å²) in [5.41, 5.74) is 2.47. The first-order chi connectivity index (χ1) is 14.7. The van der Waals surface area contributed by atoms with Crippen molar-refractivity contribution in [2.24, 2.45) is 4.99 Å². The van der Waals surface area contributed by atoms with Crippen molar-refractivity contribution in [3.63, 3.8) is 0 Å². The van der Waals surface area contributed by atoms with Crippen molar-refractivity contribution in [2.45, 2.75) is 0 Å². The Hall–Kier alpha value is -4.25. The van der Waals surface area contributed by atoms with Gasteiger partial charge in [-0.2, -0.15) is 4.99 Å². The van der Waals surface area contributed by atoms with Crippen LogP contribution < -0.4 is 10.6 Å². The van der Waals surface area contributed by atoms with E-state index in [9.17, 15) is 9.59 Å². The van der Waals surface area contributed by atoms with Gasteiger partial charge in [0.05, 0.1) is 0 Å². The molecule has 5 heteroatoms. The van der Waals surface area contributed by atoms with E-state index in [1.54, 1.807) is 12.2 Å². The second-order valence-electron chi connectivity index (χ2n) is 6.27. The maximum atomic E-state index is 12.3. The van der Waals surface area contributed by atoms with Crippen LogP contribution in [0.5, 0.6) is 0 Å². The van der Waals surface area contributed by atoms with Gasteiger partial charge in [0.25, 0.3) is 11.8 Å². The van der Waals surface area contributed by atoms with Crippen molar-refractivity contribution in [2.75, 3.05) is 5.32 Å². The summed E-state index contributed by atoms with van der Waals surface area (Å²) in [5, 5.41) is 5.59. The number of hydrogen-bond acceptors (Lipinski definition) is 2. The molecule has 0 aliphatic heterocycles. The maximum absolute atomic E-state index is 12.3. The van der Waals surface area contributed by atoms with Gasteiger partial charge in [-0.05, 0) is 35.4 Å². The normalized spacial score (nSPS) is 11.5. The van der Waals surface area contributed by atoms with E-state index in [1.165, 1.54) is 12.2 Å². The van der Waals surface area contributed by atoms with Gasteiger partial charge in [-0.25, -0.2) is 0 Å². The topological polar surface area (TPSA) is 70.6 Å². The molecule has 5 nitrogen and oxygen atoms in total. The minimum absolute atomic E-state index is 0.0478. The van der Waals surface area contributed by atoms with Crippen LogP contribution in [0.4, 0.5) is 5.69 Å². The molecule has 0 aliphatic carbocycles. The van der Waals surface area contributed by atoms with Crippen molar-refractivity contribution >= 4 is 35.6 Å². The van der Waals surface area contributed by atoms with Crippen LogP contribution in [0.3, 0.4) is 0 Å². The third kappa shape index (κ3) is 7.05. The van der Waals surface area contributed by atoms with Crippen LogP contribution in [0.1, 0.15) is 11.1 Å². The monoisotopic (exact) mass is 395 g/mol. The predicted molar refractivity (Wildman–Crippen MR) is 122 cm³/mol. The fourth-order valence-electron chi connectivity index (χ4n) is 2.52. The smallest absolute Gasteiger partial charge is 0.272 e. The molecule has 3 aromatic rings.